The summed E-state index contributed by atoms with van der Waals surface area (Å²) >= 11 is 0. The second-order valence-electron chi connectivity index (χ2n) is 3.44. The number of aliphatic hydroxyl groups excluding tert-OH is 1. The Balaban J connectivity index is 0.00000256. The predicted molar refractivity (Wildman–Crippen MR) is 49.9 cm³/mol. The Labute approximate surface area is 122 Å². The molecule has 1 rings (SSSR count). The first kappa shape index (κ1) is 17.7. The smallest absolute Gasteiger partial charge is 0.726 e. The van der Waals surface area contributed by atoms with E-state index in [1.54, 1.807) is 0 Å². The Morgan fingerprint density at radius 3 is 2.65 bits per heavy atom. The first-order chi connectivity index (χ1) is 7.33. The predicted octanol–water partition coefficient (Wildman–Crippen LogP) is -5.08. The molecule has 0 aliphatic carbocycles. The summed E-state index contributed by atoms with van der Waals surface area (Å²) in [6.07, 6.45) is -2.42. The van der Waals surface area contributed by atoms with Gasteiger partial charge in [-0.1, -0.05) is 0 Å². The molecule has 0 saturated carbocycles. The molecule has 0 amide bonds. The van der Waals surface area contributed by atoms with Crippen molar-refractivity contribution < 1.29 is 61.3 Å². The molecule has 0 bridgehead atoms. The van der Waals surface area contributed by atoms with Gasteiger partial charge in [0.15, 0.2) is 6.29 Å². The van der Waals surface area contributed by atoms with Crippen LogP contribution in [0, 0.1) is 0 Å². The Morgan fingerprint density at radius 2 is 2.18 bits per heavy atom. The van der Waals surface area contributed by atoms with Crippen LogP contribution in [0.1, 0.15) is 6.42 Å². The van der Waals surface area contributed by atoms with Crippen LogP contribution < -0.4 is 35.3 Å². The fourth-order valence-electron chi connectivity index (χ4n) is 1.42. The van der Waals surface area contributed by atoms with E-state index in [2.05, 4.69) is 4.18 Å². The maximum Gasteiger partial charge on any atom is 1.00 e. The van der Waals surface area contributed by atoms with Gasteiger partial charge in [0.1, 0.15) is 0 Å². The summed E-state index contributed by atoms with van der Waals surface area (Å²) in [5, 5.41) is 9.51. The number of rotatable bonds is 4. The van der Waals surface area contributed by atoms with Crippen LogP contribution >= 0.6 is 0 Å². The molecule has 4 atom stereocenters. The zero-order chi connectivity index (χ0) is 12.3. The molecule has 0 aromatic carbocycles. The number of hydrogen-bond donors (Lipinski definition) is 2. The molecule has 0 aromatic rings. The fraction of sp³-hybridized carbons (Fsp3) is 1.00. The normalized spacial score (nSPS) is 34.1. The molecule has 1 heterocycles. The van der Waals surface area contributed by atoms with Crippen molar-refractivity contribution in [1.29, 1.82) is 0 Å². The van der Waals surface area contributed by atoms with E-state index in [9.17, 15) is 18.1 Å². The molecule has 1 aliphatic heterocycles. The van der Waals surface area contributed by atoms with Gasteiger partial charge in [-0.05, 0) is 0 Å². The van der Waals surface area contributed by atoms with E-state index < -0.39 is 41.5 Å². The molecule has 17 heavy (non-hydrogen) atoms. The Hall–Kier alpha value is 0.710. The van der Waals surface area contributed by atoms with Gasteiger partial charge in [0.05, 0.1) is 24.9 Å². The van der Waals surface area contributed by atoms with E-state index in [1.807, 2.05) is 0 Å². The molecule has 3 unspecified atom stereocenters. The first-order valence-corrected chi connectivity index (χ1v) is 5.89. The van der Waals surface area contributed by atoms with Crippen LogP contribution in [0.2, 0.25) is 0 Å². The molecule has 0 spiro atoms. The van der Waals surface area contributed by atoms with Crippen molar-refractivity contribution in [1.82, 2.24) is 0 Å². The molecule has 0 radical (unpaired) electrons. The summed E-state index contributed by atoms with van der Waals surface area (Å²) in [5.74, 6) is 0. The number of hydrogen-bond acceptors (Lipinski definition) is 8. The molecular weight excluding hydrogens is 265 g/mol. The summed E-state index contributed by atoms with van der Waals surface area (Å²) in [6, 6.07) is -0.717. The van der Waals surface area contributed by atoms with Crippen LogP contribution in [0.3, 0.4) is 0 Å². The van der Waals surface area contributed by atoms with E-state index in [4.69, 9.17) is 15.2 Å². The van der Waals surface area contributed by atoms with Gasteiger partial charge in [0, 0.05) is 13.5 Å². The van der Waals surface area contributed by atoms with Crippen LogP contribution in [-0.2, 0) is 24.1 Å². The summed E-state index contributed by atoms with van der Waals surface area (Å²) in [5.41, 5.74) is 5.56. The Morgan fingerprint density at radius 1 is 1.59 bits per heavy atom. The fourth-order valence-corrected chi connectivity index (χ4v) is 1.74. The quantitative estimate of drug-likeness (QED) is 0.297. The van der Waals surface area contributed by atoms with Crippen molar-refractivity contribution in [2.24, 2.45) is 5.73 Å². The third kappa shape index (κ3) is 5.92. The maximum atomic E-state index is 10.2. The molecule has 1 aliphatic rings. The van der Waals surface area contributed by atoms with Gasteiger partial charge >= 0.3 is 29.6 Å². The average Bonchev–Trinajstić information content (AvgIpc) is 2.18. The maximum absolute atomic E-state index is 10.2. The Kier molecular flexibility index (Phi) is 7.64. The largest absolute Gasteiger partial charge is 1.00 e. The van der Waals surface area contributed by atoms with Crippen molar-refractivity contribution in [2.75, 3.05) is 13.7 Å². The number of ether oxygens (including phenoxy) is 2. The van der Waals surface area contributed by atoms with E-state index in [0.717, 1.165) is 0 Å². The number of aliphatic hydroxyl groups is 1. The van der Waals surface area contributed by atoms with Gasteiger partial charge in [-0.3, -0.25) is 4.18 Å². The van der Waals surface area contributed by atoms with Crippen molar-refractivity contribution in [3.63, 3.8) is 0 Å². The minimum Gasteiger partial charge on any atom is -0.726 e. The second-order valence-corrected chi connectivity index (χ2v) is 4.49. The van der Waals surface area contributed by atoms with Crippen LogP contribution in [0.15, 0.2) is 0 Å². The van der Waals surface area contributed by atoms with E-state index in [-0.39, 0.29) is 36.0 Å². The number of nitrogens with two attached hydrogens (primary N) is 1. The third-order valence-corrected chi connectivity index (χ3v) is 2.64. The molecule has 1 saturated heterocycles. The summed E-state index contributed by atoms with van der Waals surface area (Å²) in [6.45, 7) is -0.463. The van der Waals surface area contributed by atoms with Crippen molar-refractivity contribution in [3.8, 4) is 0 Å². The van der Waals surface area contributed by atoms with Gasteiger partial charge in [-0.15, -0.1) is 0 Å². The molecular formula is C7H14NNaO7S. The summed E-state index contributed by atoms with van der Waals surface area (Å²) in [7, 11) is -3.42. The zero-order valence-corrected chi connectivity index (χ0v) is 12.4. The topological polar surface area (TPSA) is 131 Å². The second kappa shape index (κ2) is 7.34. The monoisotopic (exact) mass is 279 g/mol. The van der Waals surface area contributed by atoms with E-state index >= 15 is 0 Å². The van der Waals surface area contributed by atoms with E-state index in [1.165, 1.54) is 7.11 Å². The molecule has 10 heteroatoms. The molecule has 0 aromatic heterocycles. The number of methoxy groups -OCH3 is 1. The van der Waals surface area contributed by atoms with Gasteiger partial charge in [0.25, 0.3) is 0 Å². The van der Waals surface area contributed by atoms with Gasteiger partial charge in [0.2, 0.25) is 10.4 Å². The molecule has 8 nitrogen and oxygen atoms in total. The van der Waals surface area contributed by atoms with Gasteiger partial charge in [-0.25, -0.2) is 8.42 Å². The SMILES string of the molecule is CO[C@H]1OC(COS(=O)(=O)[O-])CC(O)C1N.[Na+]. The van der Waals surface area contributed by atoms with E-state index in [0.29, 0.717) is 0 Å². The van der Waals surface area contributed by atoms with Crippen molar-refractivity contribution in [2.45, 2.75) is 31.0 Å². The van der Waals surface area contributed by atoms with Crippen LogP contribution in [0.4, 0.5) is 0 Å². The zero-order valence-electron chi connectivity index (χ0n) is 9.61. The van der Waals surface area contributed by atoms with Crippen molar-refractivity contribution in [3.05, 3.63) is 0 Å². The Bertz CT molecular complexity index is 324. The van der Waals surface area contributed by atoms with Crippen LogP contribution in [0.25, 0.3) is 0 Å². The molecule has 1 fully saturated rings. The third-order valence-electron chi connectivity index (χ3n) is 2.22. The summed E-state index contributed by atoms with van der Waals surface area (Å²) in [4.78, 5) is 0. The van der Waals surface area contributed by atoms with Crippen LogP contribution in [-0.4, -0.2) is 56.3 Å². The minimum atomic E-state index is -4.76. The molecule has 3 N–H and O–H groups in total. The first-order valence-electron chi connectivity index (χ1n) is 4.55. The molecule has 96 valence electrons. The van der Waals surface area contributed by atoms with Crippen molar-refractivity contribution >= 4 is 10.4 Å². The standard InChI is InChI=1S/C7H15NO7S.Na/c1-13-7-6(8)5(9)2-4(15-7)3-14-16(10,11)12;/h4-7,9H,2-3,8H2,1H3,(H,10,11,12);/q;+1/p-1/t4?,5?,6?,7-;/m0./s1. The average molecular weight is 279 g/mol. The van der Waals surface area contributed by atoms with Gasteiger partial charge in [-0.2, -0.15) is 0 Å². The minimum absolute atomic E-state index is 0. The van der Waals surface area contributed by atoms with Crippen LogP contribution in [0.5, 0.6) is 0 Å². The van der Waals surface area contributed by atoms with Gasteiger partial charge < -0.3 is 24.9 Å². The summed E-state index contributed by atoms with van der Waals surface area (Å²) < 4.78 is 44.7.